The van der Waals surface area contributed by atoms with Crippen LogP contribution in [0, 0.1) is 0 Å². The lowest BCUT2D eigenvalue weighted by atomic mass is 9.93. The minimum Gasteiger partial charge on any atom is -0.351 e. The zero-order valence-corrected chi connectivity index (χ0v) is 18.4. The van der Waals surface area contributed by atoms with E-state index in [9.17, 15) is 9.59 Å². The van der Waals surface area contributed by atoms with Crippen LogP contribution in [0.2, 0.25) is 5.02 Å². The van der Waals surface area contributed by atoms with Gasteiger partial charge in [-0.25, -0.2) is 0 Å². The van der Waals surface area contributed by atoms with Crippen molar-refractivity contribution in [2.24, 2.45) is 0 Å². The summed E-state index contributed by atoms with van der Waals surface area (Å²) in [5.41, 5.74) is 1.65. The van der Waals surface area contributed by atoms with Crippen molar-refractivity contribution in [2.45, 2.75) is 57.3 Å². The van der Waals surface area contributed by atoms with E-state index in [1.807, 2.05) is 53.3 Å². The number of nitrogens with one attached hydrogen (secondary N) is 1. The van der Waals surface area contributed by atoms with Gasteiger partial charge in [0, 0.05) is 17.6 Å². The molecule has 1 fully saturated rings. The van der Waals surface area contributed by atoms with Gasteiger partial charge in [0.2, 0.25) is 5.91 Å². The van der Waals surface area contributed by atoms with Crippen molar-refractivity contribution in [1.29, 1.82) is 0 Å². The second kappa shape index (κ2) is 7.43. The Morgan fingerprint density at radius 1 is 1.23 bits per heavy atom. The smallest absolute Gasteiger partial charge is 0.271 e. The molecule has 156 valence electrons. The van der Waals surface area contributed by atoms with Crippen LogP contribution < -0.4 is 5.32 Å². The number of rotatable bonds is 4. The predicted octanol–water partition coefficient (Wildman–Crippen LogP) is 4.83. The first-order valence-electron chi connectivity index (χ1n) is 10.4. The van der Waals surface area contributed by atoms with Crippen molar-refractivity contribution >= 4 is 45.0 Å². The summed E-state index contributed by atoms with van der Waals surface area (Å²) in [6.45, 7) is 2.70. The van der Waals surface area contributed by atoms with Crippen LogP contribution in [0.15, 0.2) is 41.8 Å². The summed E-state index contributed by atoms with van der Waals surface area (Å²) >= 11 is 7.66. The summed E-state index contributed by atoms with van der Waals surface area (Å²) in [7, 11) is 0. The van der Waals surface area contributed by atoms with Crippen LogP contribution in [0.1, 0.15) is 48.7 Å². The van der Waals surface area contributed by atoms with Crippen molar-refractivity contribution in [3.63, 3.8) is 0 Å². The van der Waals surface area contributed by atoms with E-state index in [0.717, 1.165) is 41.5 Å². The number of thiophene rings is 1. The second-order valence-corrected chi connectivity index (χ2v) is 9.92. The van der Waals surface area contributed by atoms with E-state index in [2.05, 4.69) is 5.32 Å². The van der Waals surface area contributed by atoms with E-state index in [4.69, 9.17) is 11.6 Å². The van der Waals surface area contributed by atoms with E-state index < -0.39 is 5.54 Å². The maximum Gasteiger partial charge on any atom is 0.271 e. The highest BCUT2D eigenvalue weighted by Gasteiger charge is 2.48. The zero-order valence-electron chi connectivity index (χ0n) is 16.9. The number of amides is 2. The molecule has 2 amide bonds. The van der Waals surface area contributed by atoms with E-state index >= 15 is 0 Å². The Morgan fingerprint density at radius 2 is 1.97 bits per heavy atom. The fourth-order valence-electron chi connectivity index (χ4n) is 4.70. The minimum atomic E-state index is -0.972. The molecule has 3 aromatic rings. The molecule has 1 aliphatic carbocycles. The van der Waals surface area contributed by atoms with Crippen molar-refractivity contribution in [3.05, 3.63) is 58.1 Å². The highest BCUT2D eigenvalue weighted by atomic mass is 35.5. The number of hydrogen-bond acceptors (Lipinski definition) is 3. The number of fused-ring (bicyclic) bond motifs is 3. The maximum atomic E-state index is 13.6. The summed E-state index contributed by atoms with van der Waals surface area (Å²) in [5.74, 6) is -0.178. The Labute approximate surface area is 184 Å². The average molecular weight is 442 g/mol. The molecule has 5 rings (SSSR count). The van der Waals surface area contributed by atoms with Crippen molar-refractivity contribution in [3.8, 4) is 0 Å². The lowest BCUT2D eigenvalue weighted by Gasteiger charge is -2.44. The third kappa shape index (κ3) is 3.22. The predicted molar refractivity (Wildman–Crippen MR) is 120 cm³/mol. The van der Waals surface area contributed by atoms with Crippen LogP contribution in [0.25, 0.3) is 10.2 Å². The quantitative estimate of drug-likeness (QED) is 0.630. The van der Waals surface area contributed by atoms with Gasteiger partial charge in [0.25, 0.3) is 5.91 Å². The Hall–Kier alpha value is -2.31. The minimum absolute atomic E-state index is 0.0700. The van der Waals surface area contributed by atoms with Crippen molar-refractivity contribution < 1.29 is 9.59 Å². The van der Waals surface area contributed by atoms with Crippen LogP contribution in [-0.4, -0.2) is 32.9 Å². The summed E-state index contributed by atoms with van der Waals surface area (Å²) in [5, 5.41) is 5.91. The summed E-state index contributed by atoms with van der Waals surface area (Å²) < 4.78 is 3.09. The van der Waals surface area contributed by atoms with Gasteiger partial charge >= 0.3 is 0 Å². The third-order valence-electron chi connectivity index (χ3n) is 6.48. The summed E-state index contributed by atoms with van der Waals surface area (Å²) in [6.07, 6.45) is 4.31. The molecule has 1 aliphatic heterocycles. The van der Waals surface area contributed by atoms with Crippen molar-refractivity contribution in [2.75, 3.05) is 0 Å². The molecule has 1 atom stereocenters. The molecule has 2 aliphatic rings. The van der Waals surface area contributed by atoms with Crippen LogP contribution in [-0.2, 0) is 17.9 Å². The highest BCUT2D eigenvalue weighted by molar-refractivity contribution is 7.17. The third-order valence-corrected chi connectivity index (χ3v) is 7.59. The molecular weight excluding hydrogens is 418 g/mol. The average Bonchev–Trinajstić information content (AvgIpc) is 3.45. The van der Waals surface area contributed by atoms with Gasteiger partial charge in [-0.3, -0.25) is 9.59 Å². The fraction of sp³-hybridized carbons (Fsp3) is 0.391. The molecule has 1 aromatic carbocycles. The topological polar surface area (TPSA) is 54.3 Å². The van der Waals surface area contributed by atoms with Gasteiger partial charge in [0.1, 0.15) is 11.2 Å². The monoisotopic (exact) mass is 441 g/mol. The van der Waals surface area contributed by atoms with Gasteiger partial charge in [-0.15, -0.1) is 11.3 Å². The standard InChI is InChI=1S/C23H24ClN3O2S/c1-23(22(29)25-17-4-2-3-5-17)14-26-18-10-11-30-20(18)12-19(26)21(28)27(23)13-15-6-8-16(24)9-7-15/h6-12,17H,2-5,13-14H2,1H3,(H,25,29)/t23-/m0/s1. The molecule has 0 unspecified atom stereocenters. The largest absolute Gasteiger partial charge is 0.351 e. The Balaban J connectivity index is 1.54. The maximum absolute atomic E-state index is 13.6. The van der Waals surface area contributed by atoms with Crippen LogP contribution >= 0.6 is 22.9 Å². The molecule has 30 heavy (non-hydrogen) atoms. The molecule has 0 saturated heterocycles. The van der Waals surface area contributed by atoms with Gasteiger partial charge < -0.3 is 14.8 Å². The molecule has 0 radical (unpaired) electrons. The molecular formula is C23H24ClN3O2S. The molecule has 3 heterocycles. The fourth-order valence-corrected chi connectivity index (χ4v) is 5.65. The molecule has 1 N–H and O–H groups in total. The molecule has 5 nitrogen and oxygen atoms in total. The second-order valence-electron chi connectivity index (χ2n) is 8.53. The summed E-state index contributed by atoms with van der Waals surface area (Å²) in [4.78, 5) is 28.9. The number of hydrogen-bond donors (Lipinski definition) is 1. The Morgan fingerprint density at radius 3 is 2.70 bits per heavy atom. The molecule has 7 heteroatoms. The van der Waals surface area contributed by atoms with Crippen LogP contribution in [0.3, 0.4) is 0 Å². The van der Waals surface area contributed by atoms with E-state index in [0.29, 0.717) is 23.8 Å². The van der Waals surface area contributed by atoms with Gasteiger partial charge in [-0.2, -0.15) is 0 Å². The van der Waals surface area contributed by atoms with Crippen LogP contribution in [0.5, 0.6) is 0 Å². The first-order valence-corrected chi connectivity index (χ1v) is 11.7. The van der Waals surface area contributed by atoms with Gasteiger partial charge in [-0.05, 0) is 55.0 Å². The van der Waals surface area contributed by atoms with Crippen molar-refractivity contribution in [1.82, 2.24) is 14.8 Å². The molecule has 0 spiro atoms. The number of nitrogens with zero attached hydrogens (tertiary/aromatic N) is 2. The lowest BCUT2D eigenvalue weighted by Crippen LogP contribution is -2.64. The Kier molecular flexibility index (Phi) is 4.86. The normalized spacial score (nSPS) is 21.9. The van der Waals surface area contributed by atoms with E-state index in [1.165, 1.54) is 0 Å². The first kappa shape index (κ1) is 19.6. The summed E-state index contributed by atoms with van der Waals surface area (Å²) in [6, 6.07) is 11.6. The zero-order chi connectivity index (χ0) is 20.9. The number of halogens is 1. The Bertz CT molecular complexity index is 1110. The number of carbonyl (C=O) groups is 2. The van der Waals surface area contributed by atoms with E-state index in [1.54, 1.807) is 16.2 Å². The molecule has 1 saturated carbocycles. The first-order chi connectivity index (χ1) is 14.5. The van der Waals surface area contributed by atoms with Gasteiger partial charge in [0.05, 0.1) is 16.8 Å². The van der Waals surface area contributed by atoms with E-state index in [-0.39, 0.29) is 17.9 Å². The van der Waals surface area contributed by atoms with Crippen LogP contribution in [0.4, 0.5) is 0 Å². The SMILES string of the molecule is C[C@@]1(C(=O)NC2CCCC2)Cn2c(cc3sccc32)C(=O)N1Cc1ccc(Cl)cc1. The number of benzene rings is 1. The van der Waals surface area contributed by atoms with Gasteiger partial charge in [-0.1, -0.05) is 36.6 Å². The number of carbonyl (C=O) groups excluding carboxylic acids is 2. The molecule has 2 aromatic heterocycles. The molecule has 0 bridgehead atoms. The van der Waals surface area contributed by atoms with Gasteiger partial charge in [0.15, 0.2) is 0 Å². The lowest BCUT2D eigenvalue weighted by molar-refractivity contribution is -0.133. The highest BCUT2D eigenvalue weighted by Crippen LogP contribution is 2.35. The number of aromatic nitrogens is 1.